The summed E-state index contributed by atoms with van der Waals surface area (Å²) < 4.78 is 102. The van der Waals surface area contributed by atoms with Crippen LogP contribution in [-0.4, -0.2) is 23.9 Å². The van der Waals surface area contributed by atoms with Crippen molar-refractivity contribution in [2.45, 2.75) is 18.9 Å². The van der Waals surface area contributed by atoms with E-state index in [1.54, 1.807) is 0 Å². The molecule has 0 aliphatic rings. The normalized spacial score (nSPS) is 15.0. The Balaban J connectivity index is 4.78. The lowest BCUT2D eigenvalue weighted by Gasteiger charge is -2.27. The average Bonchev–Trinajstić information content (AvgIpc) is 1.75. The second kappa shape index (κ2) is 3.46. The van der Waals surface area contributed by atoms with Gasteiger partial charge in [0.25, 0.3) is 0 Å². The molecule has 14 heavy (non-hydrogen) atoms. The third-order valence-electron chi connectivity index (χ3n) is 0.746. The molecule has 0 spiro atoms. The molecule has 0 aliphatic heterocycles. The summed E-state index contributed by atoms with van der Waals surface area (Å²) in [6, 6.07) is 0. The van der Waals surface area contributed by atoms with E-state index in [1.807, 2.05) is 0 Å². The van der Waals surface area contributed by atoms with Crippen LogP contribution in [0.4, 0.5) is 39.5 Å². The number of alkyl halides is 9. The van der Waals surface area contributed by atoms with Gasteiger partial charge in [0.1, 0.15) is 0 Å². The fourth-order valence-corrected chi connectivity index (χ4v) is 0.397. The van der Waals surface area contributed by atoms with Gasteiger partial charge in [0.05, 0.1) is 0 Å². The molecule has 0 radical (unpaired) electrons. The Bertz CT molecular complexity index is 172. The van der Waals surface area contributed by atoms with Crippen molar-refractivity contribution in [3.05, 3.63) is 0 Å². The van der Waals surface area contributed by atoms with Gasteiger partial charge in [-0.1, -0.05) is 0 Å². The number of hydrogen-bond donors (Lipinski definition) is 1. The van der Waals surface area contributed by atoms with Crippen LogP contribution >= 0.6 is 0 Å². The van der Waals surface area contributed by atoms with Gasteiger partial charge in [-0.15, -0.1) is 5.43 Å². The molecule has 0 bridgehead atoms. The molecule has 0 saturated carbocycles. The molecule has 0 fully saturated rings. The minimum atomic E-state index is -6.21. The highest BCUT2D eigenvalue weighted by Gasteiger charge is 2.57. The quantitative estimate of drug-likeness (QED) is 0.427. The molecular formula is C3HF9N2. The summed E-state index contributed by atoms with van der Waals surface area (Å²) in [5, 5.41) is -2.79. The van der Waals surface area contributed by atoms with Crippen LogP contribution in [0.5, 0.6) is 0 Å². The van der Waals surface area contributed by atoms with Crippen molar-refractivity contribution >= 4 is 0 Å². The maximum atomic E-state index is 11.4. The summed E-state index contributed by atoms with van der Waals surface area (Å²) in [5.74, 6) is 0. The fourth-order valence-electron chi connectivity index (χ4n) is 0.397. The van der Waals surface area contributed by atoms with Gasteiger partial charge < -0.3 is 0 Å². The van der Waals surface area contributed by atoms with E-state index in [0.717, 1.165) is 0 Å². The first-order chi connectivity index (χ1) is 5.84. The molecular weight excluding hydrogens is 235 g/mol. The Morgan fingerprint density at radius 3 is 1.00 bits per heavy atom. The highest BCUT2D eigenvalue weighted by molar-refractivity contribution is 4.59. The maximum absolute atomic E-state index is 11.4. The third kappa shape index (κ3) is 4.50. The molecule has 0 heterocycles. The van der Waals surface area contributed by atoms with Crippen LogP contribution in [-0.2, 0) is 0 Å². The Kier molecular flexibility index (Phi) is 3.28. The molecule has 0 unspecified atom stereocenters. The summed E-state index contributed by atoms with van der Waals surface area (Å²) in [6.45, 7) is 0. The van der Waals surface area contributed by atoms with Gasteiger partial charge in [-0.2, -0.15) is 39.5 Å². The topological polar surface area (TPSA) is 15.3 Å². The number of rotatable bonds is 1. The summed E-state index contributed by atoms with van der Waals surface area (Å²) in [7, 11) is 0. The minimum absolute atomic E-state index is 0.681. The van der Waals surface area contributed by atoms with Crippen LogP contribution in [0.2, 0.25) is 0 Å². The minimum Gasteiger partial charge on any atom is -0.154 e. The van der Waals surface area contributed by atoms with Gasteiger partial charge in [0.15, 0.2) is 0 Å². The Hall–Kier alpha value is -0.710. The zero-order valence-corrected chi connectivity index (χ0v) is 5.85. The van der Waals surface area contributed by atoms with E-state index in [2.05, 4.69) is 0 Å². The van der Waals surface area contributed by atoms with Crippen LogP contribution in [0, 0.1) is 0 Å². The number of nitrogens with one attached hydrogen (secondary N) is 1. The van der Waals surface area contributed by atoms with Crippen molar-refractivity contribution in [1.82, 2.24) is 10.4 Å². The smallest absolute Gasteiger partial charge is 0.154 e. The van der Waals surface area contributed by atoms with E-state index in [0.29, 0.717) is 0 Å². The molecule has 0 saturated heterocycles. The average molecular weight is 236 g/mol. The molecule has 0 aromatic heterocycles. The third-order valence-corrected chi connectivity index (χ3v) is 0.746. The molecule has 0 aliphatic carbocycles. The van der Waals surface area contributed by atoms with Gasteiger partial charge in [-0.25, -0.2) is 0 Å². The highest BCUT2D eigenvalue weighted by Crippen LogP contribution is 2.33. The molecule has 0 amide bonds. The maximum Gasteiger partial charge on any atom is 0.480 e. The predicted octanol–water partition coefficient (Wildman–Crippen LogP) is 2.35. The van der Waals surface area contributed by atoms with Gasteiger partial charge in [-0.3, -0.25) is 0 Å². The van der Waals surface area contributed by atoms with Crippen LogP contribution in [0.1, 0.15) is 0 Å². The zero-order valence-electron chi connectivity index (χ0n) is 5.85. The monoisotopic (exact) mass is 236 g/mol. The van der Waals surface area contributed by atoms with Crippen molar-refractivity contribution in [1.29, 1.82) is 0 Å². The second-order valence-electron chi connectivity index (χ2n) is 1.88. The lowest BCUT2D eigenvalue weighted by atomic mass is 10.9. The van der Waals surface area contributed by atoms with Crippen molar-refractivity contribution in [3.63, 3.8) is 0 Å². The molecule has 1 N–H and O–H groups in total. The van der Waals surface area contributed by atoms with E-state index in [1.165, 1.54) is 0 Å². The molecule has 0 atom stereocenters. The lowest BCUT2D eigenvalue weighted by molar-refractivity contribution is -0.417. The van der Waals surface area contributed by atoms with Crippen LogP contribution in [0.15, 0.2) is 0 Å². The van der Waals surface area contributed by atoms with Crippen molar-refractivity contribution in [2.24, 2.45) is 0 Å². The molecule has 0 aromatic rings. The Morgan fingerprint density at radius 2 is 0.929 bits per heavy atom. The largest absolute Gasteiger partial charge is 0.480 e. The first-order valence-electron chi connectivity index (χ1n) is 2.62. The number of nitrogens with zero attached hydrogens (tertiary/aromatic N) is 1. The summed E-state index contributed by atoms with van der Waals surface area (Å²) in [5.41, 5.74) is -0.681. The number of hydrogen-bond acceptors (Lipinski definition) is 2. The second-order valence-corrected chi connectivity index (χ2v) is 1.88. The van der Waals surface area contributed by atoms with Crippen LogP contribution in [0.3, 0.4) is 0 Å². The molecule has 86 valence electrons. The molecule has 0 rings (SSSR count). The standard InChI is InChI=1S/C3HF9N2/c4-1(5,6)13-14(2(7,8)9)3(10,11)12/h13H. The van der Waals surface area contributed by atoms with E-state index < -0.39 is 29.3 Å². The highest BCUT2D eigenvalue weighted by atomic mass is 19.4. The van der Waals surface area contributed by atoms with Crippen LogP contribution < -0.4 is 5.43 Å². The Morgan fingerprint density at radius 1 is 0.643 bits per heavy atom. The molecule has 0 aromatic carbocycles. The van der Waals surface area contributed by atoms with Gasteiger partial charge in [-0.05, 0) is 5.01 Å². The van der Waals surface area contributed by atoms with E-state index in [4.69, 9.17) is 0 Å². The Labute approximate surface area is 70.2 Å². The summed E-state index contributed by atoms with van der Waals surface area (Å²) >= 11 is 0. The van der Waals surface area contributed by atoms with Crippen LogP contribution in [0.25, 0.3) is 0 Å². The van der Waals surface area contributed by atoms with E-state index >= 15 is 0 Å². The fraction of sp³-hybridized carbons (Fsp3) is 1.00. The van der Waals surface area contributed by atoms with Gasteiger partial charge in [0.2, 0.25) is 0 Å². The lowest BCUT2D eigenvalue weighted by Crippen LogP contribution is -2.60. The van der Waals surface area contributed by atoms with E-state index in [-0.39, 0.29) is 0 Å². The first-order valence-corrected chi connectivity index (χ1v) is 2.62. The SMILES string of the molecule is FC(F)(F)NN(C(F)(F)F)C(F)(F)F. The van der Waals surface area contributed by atoms with Gasteiger partial charge in [0, 0.05) is 0 Å². The van der Waals surface area contributed by atoms with Gasteiger partial charge >= 0.3 is 18.9 Å². The van der Waals surface area contributed by atoms with E-state index in [9.17, 15) is 39.5 Å². The summed E-state index contributed by atoms with van der Waals surface area (Å²) in [4.78, 5) is 0. The van der Waals surface area contributed by atoms with Crippen molar-refractivity contribution < 1.29 is 39.5 Å². The summed E-state index contributed by atoms with van der Waals surface area (Å²) in [6.07, 6.45) is -18.3. The predicted molar refractivity (Wildman–Crippen MR) is 23.1 cm³/mol. The van der Waals surface area contributed by atoms with Crippen molar-refractivity contribution in [2.75, 3.05) is 0 Å². The molecule has 2 nitrogen and oxygen atoms in total. The zero-order chi connectivity index (χ0) is 11.8. The molecule has 11 heteroatoms. The first kappa shape index (κ1) is 13.3. The van der Waals surface area contributed by atoms with Crippen molar-refractivity contribution in [3.8, 4) is 0 Å². The number of hydrazine groups is 1. The number of halogens is 9.